The van der Waals surface area contributed by atoms with Crippen LogP contribution in [0.2, 0.25) is 0 Å². The first-order valence-electron chi connectivity index (χ1n) is 8.93. The van der Waals surface area contributed by atoms with Crippen molar-refractivity contribution in [2.75, 3.05) is 7.11 Å². The molecule has 0 radical (unpaired) electrons. The molecule has 0 aromatic heterocycles. The van der Waals surface area contributed by atoms with E-state index in [1.165, 1.54) is 15.9 Å². The van der Waals surface area contributed by atoms with Crippen LogP contribution in [0.1, 0.15) is 13.8 Å². The summed E-state index contributed by atoms with van der Waals surface area (Å²) in [6.45, 7) is 3.96. The Morgan fingerprint density at radius 3 is 1.81 bits per heavy atom. The van der Waals surface area contributed by atoms with E-state index in [-0.39, 0.29) is 28.4 Å². The van der Waals surface area contributed by atoms with Gasteiger partial charge in [0.25, 0.3) is 0 Å². The maximum Gasteiger partial charge on any atom is 0.202 e. The summed E-state index contributed by atoms with van der Waals surface area (Å²) in [5.41, 5.74) is 0. The summed E-state index contributed by atoms with van der Waals surface area (Å²) in [4.78, 5) is 3.35. The van der Waals surface area contributed by atoms with Gasteiger partial charge in [0, 0.05) is 19.1 Å². The largest absolute Gasteiger partial charge is 0.461 e. The molecule has 2 nitrogen and oxygen atoms in total. The van der Waals surface area contributed by atoms with Crippen molar-refractivity contribution >= 4 is 10.9 Å². The number of rotatable bonds is 7. The van der Waals surface area contributed by atoms with Crippen molar-refractivity contribution in [2.24, 2.45) is 5.92 Å². The molecule has 4 heteroatoms. The molecule has 3 aromatic carbocycles. The summed E-state index contributed by atoms with van der Waals surface area (Å²) in [5, 5.41) is 0. The zero-order chi connectivity index (χ0) is 19.2. The monoisotopic (exact) mass is 383 g/mol. The van der Waals surface area contributed by atoms with E-state index in [9.17, 15) is 4.39 Å². The van der Waals surface area contributed by atoms with E-state index >= 15 is 0 Å². The maximum absolute atomic E-state index is 14.4. The standard InChI is InChI=1S/C23H24FO2S/c1-17(2)23(25-3)26-22-16-20(14-15-21(22)24)27(18-10-6-4-7-11-18)19-12-8-5-9-13-19/h4-17,23H,1-3H3/q+1. The van der Waals surface area contributed by atoms with Gasteiger partial charge in [0.15, 0.2) is 26.3 Å². The van der Waals surface area contributed by atoms with Gasteiger partial charge in [-0.3, -0.25) is 0 Å². The molecule has 3 aromatic rings. The molecule has 1 atom stereocenters. The Kier molecular flexibility index (Phi) is 6.54. The third-order valence-electron chi connectivity index (χ3n) is 4.12. The average Bonchev–Trinajstić information content (AvgIpc) is 2.69. The zero-order valence-electron chi connectivity index (χ0n) is 15.8. The highest BCUT2D eigenvalue weighted by atomic mass is 32.2. The van der Waals surface area contributed by atoms with Crippen LogP contribution < -0.4 is 4.74 Å². The first-order valence-corrected chi connectivity index (χ1v) is 10.2. The number of hydrogen-bond donors (Lipinski definition) is 0. The number of methoxy groups -OCH3 is 1. The van der Waals surface area contributed by atoms with Gasteiger partial charge in [-0.1, -0.05) is 50.2 Å². The van der Waals surface area contributed by atoms with Crippen LogP contribution in [0.3, 0.4) is 0 Å². The van der Waals surface area contributed by atoms with E-state index in [1.807, 2.05) is 56.3 Å². The summed E-state index contributed by atoms with van der Waals surface area (Å²) < 4.78 is 25.6. The predicted molar refractivity (Wildman–Crippen MR) is 108 cm³/mol. The Morgan fingerprint density at radius 1 is 0.778 bits per heavy atom. The van der Waals surface area contributed by atoms with Crippen LogP contribution in [-0.4, -0.2) is 13.4 Å². The predicted octanol–water partition coefficient (Wildman–Crippen LogP) is 5.93. The Bertz CT molecular complexity index is 813. The number of ether oxygens (including phenoxy) is 2. The highest BCUT2D eigenvalue weighted by molar-refractivity contribution is 7.97. The van der Waals surface area contributed by atoms with Gasteiger partial charge < -0.3 is 9.47 Å². The minimum atomic E-state index is -0.495. The lowest BCUT2D eigenvalue weighted by molar-refractivity contribution is -0.0852. The summed E-state index contributed by atoms with van der Waals surface area (Å²) >= 11 is 0. The molecule has 0 aliphatic carbocycles. The van der Waals surface area contributed by atoms with Crippen LogP contribution in [0.15, 0.2) is 93.5 Å². The average molecular weight is 384 g/mol. The lowest BCUT2D eigenvalue weighted by Crippen LogP contribution is -2.25. The van der Waals surface area contributed by atoms with E-state index in [2.05, 4.69) is 24.3 Å². The number of hydrogen-bond acceptors (Lipinski definition) is 2. The van der Waals surface area contributed by atoms with Gasteiger partial charge in [-0.15, -0.1) is 0 Å². The SMILES string of the molecule is COC(Oc1cc([S+](c2ccccc2)c2ccccc2)ccc1F)C(C)C. The fourth-order valence-electron chi connectivity index (χ4n) is 2.80. The molecule has 0 aliphatic rings. The van der Waals surface area contributed by atoms with Crippen molar-refractivity contribution in [2.45, 2.75) is 34.8 Å². The van der Waals surface area contributed by atoms with Gasteiger partial charge in [-0.2, -0.15) is 0 Å². The molecule has 27 heavy (non-hydrogen) atoms. The molecule has 0 saturated heterocycles. The summed E-state index contributed by atoms with van der Waals surface area (Å²) in [6.07, 6.45) is -0.495. The second kappa shape index (κ2) is 9.07. The van der Waals surface area contributed by atoms with Crippen LogP contribution in [0.4, 0.5) is 4.39 Å². The molecule has 140 valence electrons. The molecular weight excluding hydrogens is 359 g/mol. The fourth-order valence-corrected chi connectivity index (χ4v) is 4.91. The van der Waals surface area contributed by atoms with Crippen molar-refractivity contribution in [3.63, 3.8) is 0 Å². The summed E-state index contributed by atoms with van der Waals surface area (Å²) in [5.74, 6) is -0.0527. The Labute approximate surface area is 163 Å². The second-order valence-electron chi connectivity index (χ2n) is 6.49. The highest BCUT2D eigenvalue weighted by Gasteiger charge is 2.30. The minimum Gasteiger partial charge on any atom is -0.461 e. The van der Waals surface area contributed by atoms with Crippen LogP contribution >= 0.6 is 0 Å². The van der Waals surface area contributed by atoms with Crippen molar-refractivity contribution < 1.29 is 13.9 Å². The molecule has 0 fully saturated rings. The maximum atomic E-state index is 14.4. The third-order valence-corrected chi connectivity index (χ3v) is 6.33. The topological polar surface area (TPSA) is 18.5 Å². The minimum absolute atomic E-state index is 0.111. The van der Waals surface area contributed by atoms with E-state index in [0.29, 0.717) is 0 Å². The van der Waals surface area contributed by atoms with E-state index in [1.54, 1.807) is 13.2 Å². The number of halogens is 1. The summed E-state index contributed by atoms with van der Waals surface area (Å²) in [7, 11) is 1.23. The van der Waals surface area contributed by atoms with Crippen molar-refractivity contribution in [1.82, 2.24) is 0 Å². The quantitative estimate of drug-likeness (QED) is 0.372. The van der Waals surface area contributed by atoms with Crippen molar-refractivity contribution in [1.29, 1.82) is 0 Å². The molecule has 0 bridgehead atoms. The fraction of sp³-hybridized carbons (Fsp3) is 0.217. The Balaban J connectivity index is 2.04. The van der Waals surface area contributed by atoms with Gasteiger partial charge in [0.2, 0.25) is 6.29 Å². The zero-order valence-corrected chi connectivity index (χ0v) is 16.6. The first kappa shape index (κ1) is 19.5. The molecule has 0 N–H and O–H groups in total. The van der Waals surface area contributed by atoms with Gasteiger partial charge in [0.1, 0.15) is 0 Å². The lowest BCUT2D eigenvalue weighted by Gasteiger charge is -2.21. The van der Waals surface area contributed by atoms with Gasteiger partial charge in [0.05, 0.1) is 10.9 Å². The lowest BCUT2D eigenvalue weighted by atomic mass is 10.2. The van der Waals surface area contributed by atoms with Crippen LogP contribution in [0.25, 0.3) is 0 Å². The van der Waals surface area contributed by atoms with E-state index in [0.717, 1.165) is 4.90 Å². The summed E-state index contributed by atoms with van der Waals surface area (Å²) in [6, 6.07) is 25.6. The van der Waals surface area contributed by atoms with Crippen LogP contribution in [-0.2, 0) is 15.6 Å². The Hall–Kier alpha value is -2.30. The number of benzene rings is 3. The molecule has 0 spiro atoms. The van der Waals surface area contributed by atoms with Gasteiger partial charge in [-0.25, -0.2) is 4.39 Å². The van der Waals surface area contributed by atoms with Crippen molar-refractivity contribution in [3.05, 3.63) is 84.7 Å². The molecule has 0 aliphatic heterocycles. The second-order valence-corrected chi connectivity index (χ2v) is 8.52. The molecule has 3 rings (SSSR count). The Morgan fingerprint density at radius 2 is 1.33 bits per heavy atom. The van der Waals surface area contributed by atoms with Crippen LogP contribution in [0, 0.1) is 11.7 Å². The van der Waals surface area contributed by atoms with Gasteiger partial charge in [-0.05, 0) is 36.4 Å². The van der Waals surface area contributed by atoms with Crippen molar-refractivity contribution in [3.8, 4) is 5.75 Å². The van der Waals surface area contributed by atoms with Gasteiger partial charge >= 0.3 is 0 Å². The molecule has 0 heterocycles. The molecule has 0 saturated carbocycles. The van der Waals surface area contributed by atoms with E-state index in [4.69, 9.17) is 9.47 Å². The van der Waals surface area contributed by atoms with Crippen LogP contribution in [0.5, 0.6) is 5.75 Å². The third kappa shape index (κ3) is 4.71. The highest BCUT2D eigenvalue weighted by Crippen LogP contribution is 2.34. The van der Waals surface area contributed by atoms with E-state index < -0.39 is 6.29 Å². The molecular formula is C23H24FO2S+. The molecule has 0 amide bonds. The smallest absolute Gasteiger partial charge is 0.202 e. The first-order chi connectivity index (χ1) is 13.1. The normalized spacial score (nSPS) is 12.4. The molecule has 1 unspecified atom stereocenters.